The fraction of sp³-hybridized carbons (Fsp3) is 0.429. The monoisotopic (exact) mass is 228 g/mol. The molecular weight excluding hydrogens is 212 g/mol. The van der Waals surface area contributed by atoms with Gasteiger partial charge < -0.3 is 5.32 Å². The van der Waals surface area contributed by atoms with E-state index in [9.17, 15) is 4.79 Å². The zero-order chi connectivity index (χ0) is 12.3. The molecule has 0 saturated heterocycles. The molecule has 1 fully saturated rings. The fourth-order valence-corrected chi connectivity index (χ4v) is 2.29. The van der Waals surface area contributed by atoms with Crippen LogP contribution in [-0.4, -0.2) is 5.91 Å². The van der Waals surface area contributed by atoms with E-state index in [1.54, 1.807) is 24.3 Å². The molecule has 1 saturated carbocycles. The third kappa shape index (κ3) is 2.47. The number of hydrogen-bond donors (Lipinski definition) is 1. The van der Waals surface area contributed by atoms with Gasteiger partial charge in [0.05, 0.1) is 11.6 Å². The van der Waals surface area contributed by atoms with Crippen molar-refractivity contribution in [3.05, 3.63) is 29.8 Å². The molecule has 0 aliphatic heterocycles. The Morgan fingerprint density at radius 1 is 1.29 bits per heavy atom. The van der Waals surface area contributed by atoms with Crippen LogP contribution in [-0.2, 0) is 4.79 Å². The SMILES string of the molecule is CC1(C(=O)Nc2ccc(C#N)cc2)CCCC1. The molecule has 0 aromatic heterocycles. The number of nitrogens with zero attached hydrogens (tertiary/aromatic N) is 1. The van der Waals surface area contributed by atoms with Crippen molar-refractivity contribution in [1.29, 1.82) is 5.26 Å². The molecule has 1 aliphatic carbocycles. The van der Waals surface area contributed by atoms with Gasteiger partial charge in [-0.05, 0) is 37.1 Å². The molecule has 3 heteroatoms. The van der Waals surface area contributed by atoms with Gasteiger partial charge in [-0.3, -0.25) is 4.79 Å². The molecule has 2 rings (SSSR count). The molecule has 3 nitrogen and oxygen atoms in total. The molecule has 0 unspecified atom stereocenters. The topological polar surface area (TPSA) is 52.9 Å². The highest BCUT2D eigenvalue weighted by Gasteiger charge is 2.36. The van der Waals surface area contributed by atoms with E-state index in [1.807, 2.05) is 6.92 Å². The number of hydrogen-bond acceptors (Lipinski definition) is 2. The molecule has 0 radical (unpaired) electrons. The first-order valence-corrected chi connectivity index (χ1v) is 5.96. The van der Waals surface area contributed by atoms with Crippen molar-refractivity contribution in [2.75, 3.05) is 5.32 Å². The minimum atomic E-state index is -0.214. The van der Waals surface area contributed by atoms with Gasteiger partial charge in [0.15, 0.2) is 0 Å². The second-order valence-electron chi connectivity index (χ2n) is 4.91. The van der Waals surface area contributed by atoms with Crippen molar-refractivity contribution in [1.82, 2.24) is 0 Å². The van der Waals surface area contributed by atoms with Crippen molar-refractivity contribution >= 4 is 11.6 Å². The van der Waals surface area contributed by atoms with Crippen molar-refractivity contribution < 1.29 is 4.79 Å². The smallest absolute Gasteiger partial charge is 0.230 e. The Balaban J connectivity index is 2.05. The summed E-state index contributed by atoms with van der Waals surface area (Å²) in [6, 6.07) is 9.03. The minimum absolute atomic E-state index is 0.0970. The largest absolute Gasteiger partial charge is 0.326 e. The van der Waals surface area contributed by atoms with E-state index in [1.165, 1.54) is 0 Å². The molecule has 0 bridgehead atoms. The molecule has 88 valence electrons. The van der Waals surface area contributed by atoms with Crippen molar-refractivity contribution in [3.63, 3.8) is 0 Å². The van der Waals surface area contributed by atoms with E-state index >= 15 is 0 Å². The van der Waals surface area contributed by atoms with Crippen LogP contribution in [0.4, 0.5) is 5.69 Å². The van der Waals surface area contributed by atoms with E-state index < -0.39 is 0 Å². The van der Waals surface area contributed by atoms with Gasteiger partial charge >= 0.3 is 0 Å². The lowest BCUT2D eigenvalue weighted by Gasteiger charge is -2.22. The molecule has 1 aliphatic rings. The lowest BCUT2D eigenvalue weighted by molar-refractivity contribution is -0.124. The Hall–Kier alpha value is -1.82. The van der Waals surface area contributed by atoms with E-state index in [4.69, 9.17) is 5.26 Å². The standard InChI is InChI=1S/C14H16N2O/c1-14(8-2-3-9-14)13(17)16-12-6-4-11(10-15)5-7-12/h4-7H,2-3,8-9H2,1H3,(H,16,17). The van der Waals surface area contributed by atoms with Crippen LogP contribution in [0.5, 0.6) is 0 Å². The molecule has 0 atom stereocenters. The Morgan fingerprint density at radius 3 is 2.41 bits per heavy atom. The van der Waals surface area contributed by atoms with Crippen LogP contribution in [0.3, 0.4) is 0 Å². The highest BCUT2D eigenvalue weighted by atomic mass is 16.2. The van der Waals surface area contributed by atoms with Crippen LogP contribution in [0, 0.1) is 16.7 Å². The molecule has 0 heterocycles. The lowest BCUT2D eigenvalue weighted by atomic mass is 9.88. The predicted molar refractivity (Wildman–Crippen MR) is 66.4 cm³/mol. The second-order valence-corrected chi connectivity index (χ2v) is 4.91. The summed E-state index contributed by atoms with van der Waals surface area (Å²) in [5, 5.41) is 11.6. The van der Waals surface area contributed by atoms with Gasteiger partial charge in [-0.15, -0.1) is 0 Å². The summed E-state index contributed by atoms with van der Waals surface area (Å²) in [4.78, 5) is 12.1. The highest BCUT2D eigenvalue weighted by Crippen LogP contribution is 2.38. The average molecular weight is 228 g/mol. The maximum Gasteiger partial charge on any atom is 0.230 e. The molecule has 0 spiro atoms. The van der Waals surface area contributed by atoms with Crippen LogP contribution in [0.25, 0.3) is 0 Å². The Morgan fingerprint density at radius 2 is 1.88 bits per heavy atom. The first-order chi connectivity index (χ1) is 8.14. The van der Waals surface area contributed by atoms with E-state index in [0.717, 1.165) is 31.4 Å². The van der Waals surface area contributed by atoms with Crippen LogP contribution < -0.4 is 5.32 Å². The number of carbonyl (C=O) groups is 1. The van der Waals surface area contributed by atoms with Crippen LogP contribution in [0.1, 0.15) is 38.2 Å². The van der Waals surface area contributed by atoms with Gasteiger partial charge in [0.25, 0.3) is 0 Å². The van der Waals surface area contributed by atoms with Crippen LogP contribution in [0.2, 0.25) is 0 Å². The van der Waals surface area contributed by atoms with E-state index in [0.29, 0.717) is 5.56 Å². The number of nitriles is 1. The number of amides is 1. The number of anilines is 1. The van der Waals surface area contributed by atoms with Crippen molar-refractivity contribution in [2.24, 2.45) is 5.41 Å². The quantitative estimate of drug-likeness (QED) is 0.845. The van der Waals surface area contributed by atoms with Gasteiger partial charge in [0.2, 0.25) is 5.91 Å². The minimum Gasteiger partial charge on any atom is -0.326 e. The molecule has 1 aromatic rings. The number of benzene rings is 1. The zero-order valence-corrected chi connectivity index (χ0v) is 9.99. The third-order valence-electron chi connectivity index (χ3n) is 3.53. The average Bonchev–Trinajstić information content (AvgIpc) is 2.78. The summed E-state index contributed by atoms with van der Waals surface area (Å²) < 4.78 is 0. The molecule has 1 aromatic carbocycles. The second kappa shape index (κ2) is 4.58. The number of carbonyl (C=O) groups excluding carboxylic acids is 1. The molecule has 1 N–H and O–H groups in total. The maximum atomic E-state index is 12.1. The van der Waals surface area contributed by atoms with Crippen LogP contribution in [0.15, 0.2) is 24.3 Å². The van der Waals surface area contributed by atoms with Gasteiger partial charge in [0.1, 0.15) is 0 Å². The summed E-state index contributed by atoms with van der Waals surface area (Å²) in [5.74, 6) is 0.0970. The Kier molecular flexibility index (Phi) is 3.14. The Labute approximate surface area is 101 Å². The first kappa shape index (κ1) is 11.7. The normalized spacial score (nSPS) is 17.4. The first-order valence-electron chi connectivity index (χ1n) is 5.96. The zero-order valence-electron chi connectivity index (χ0n) is 9.99. The predicted octanol–water partition coefficient (Wildman–Crippen LogP) is 3.08. The summed E-state index contributed by atoms with van der Waals surface area (Å²) in [5.41, 5.74) is 1.16. The van der Waals surface area contributed by atoms with Gasteiger partial charge in [-0.25, -0.2) is 0 Å². The highest BCUT2D eigenvalue weighted by molar-refractivity contribution is 5.95. The van der Waals surface area contributed by atoms with Gasteiger partial charge in [0, 0.05) is 11.1 Å². The summed E-state index contributed by atoms with van der Waals surface area (Å²) >= 11 is 0. The van der Waals surface area contributed by atoms with Crippen molar-refractivity contribution in [3.8, 4) is 6.07 Å². The molecule has 17 heavy (non-hydrogen) atoms. The van der Waals surface area contributed by atoms with Gasteiger partial charge in [-0.2, -0.15) is 5.26 Å². The summed E-state index contributed by atoms with van der Waals surface area (Å²) in [6.07, 6.45) is 4.21. The molecular formula is C14H16N2O. The summed E-state index contributed by atoms with van der Waals surface area (Å²) in [6.45, 7) is 2.03. The van der Waals surface area contributed by atoms with Crippen LogP contribution >= 0.6 is 0 Å². The third-order valence-corrected chi connectivity index (χ3v) is 3.53. The van der Waals surface area contributed by atoms with E-state index in [-0.39, 0.29) is 11.3 Å². The lowest BCUT2D eigenvalue weighted by Crippen LogP contribution is -2.30. The number of rotatable bonds is 2. The molecule has 1 amide bonds. The fourth-order valence-electron chi connectivity index (χ4n) is 2.29. The maximum absolute atomic E-state index is 12.1. The Bertz CT molecular complexity index is 450. The van der Waals surface area contributed by atoms with Gasteiger partial charge in [-0.1, -0.05) is 19.8 Å². The number of nitrogens with one attached hydrogen (secondary N) is 1. The summed E-state index contributed by atoms with van der Waals surface area (Å²) in [7, 11) is 0. The van der Waals surface area contributed by atoms with Crippen molar-refractivity contribution in [2.45, 2.75) is 32.6 Å². The van der Waals surface area contributed by atoms with E-state index in [2.05, 4.69) is 11.4 Å².